The van der Waals surface area contributed by atoms with Crippen molar-refractivity contribution in [2.45, 2.75) is 31.5 Å². The molecule has 26 heavy (non-hydrogen) atoms. The molecule has 8 heteroatoms. The monoisotopic (exact) mass is 379 g/mol. The summed E-state index contributed by atoms with van der Waals surface area (Å²) < 4.78 is 38.1. The number of carbonyl (C=O) groups excluding carboxylic acids is 1. The molecule has 2 aromatic heterocycles. The van der Waals surface area contributed by atoms with Crippen LogP contribution in [0.25, 0.3) is 11.0 Å². The number of H-pyrrole nitrogens is 1. The predicted molar refractivity (Wildman–Crippen MR) is 92.8 cm³/mol. The summed E-state index contributed by atoms with van der Waals surface area (Å²) >= 11 is 0.664. The minimum atomic E-state index is -4.35. The van der Waals surface area contributed by atoms with Crippen LogP contribution in [0.4, 0.5) is 13.2 Å². The Bertz CT molecular complexity index is 929. The summed E-state index contributed by atoms with van der Waals surface area (Å²) in [5, 5.41) is 2.82. The number of amides is 1. The Morgan fingerprint density at radius 3 is 2.77 bits per heavy atom. The maximum Gasteiger partial charge on any atom is 0.425 e. The average molecular weight is 379 g/mol. The van der Waals surface area contributed by atoms with Gasteiger partial charge in [-0.2, -0.15) is 13.2 Å². The number of imidazole rings is 1. The fourth-order valence-electron chi connectivity index (χ4n) is 3.06. The standard InChI is InChI=1S/C18H16F3N3OS/c1-9(14-6-7-15(26-14)18(19,20)21)22-17(25)11-8-10(11)16-23-12-4-2-3-5-13(12)24-16/h2-7,9-11H,8H2,1H3,(H,22,25)(H,23,24)/t9-,10?,11?/m1/s1. The van der Waals surface area contributed by atoms with Crippen molar-refractivity contribution in [3.8, 4) is 0 Å². The van der Waals surface area contributed by atoms with Gasteiger partial charge < -0.3 is 10.3 Å². The van der Waals surface area contributed by atoms with Crippen molar-refractivity contribution in [1.29, 1.82) is 0 Å². The topological polar surface area (TPSA) is 57.8 Å². The van der Waals surface area contributed by atoms with Crippen LogP contribution < -0.4 is 5.32 Å². The molecule has 1 saturated carbocycles. The zero-order valence-corrected chi connectivity index (χ0v) is 14.6. The van der Waals surface area contributed by atoms with Gasteiger partial charge in [0.2, 0.25) is 5.91 Å². The zero-order valence-electron chi connectivity index (χ0n) is 13.8. The minimum Gasteiger partial charge on any atom is -0.349 e. The summed E-state index contributed by atoms with van der Waals surface area (Å²) in [7, 11) is 0. The van der Waals surface area contributed by atoms with Crippen molar-refractivity contribution in [2.24, 2.45) is 5.92 Å². The van der Waals surface area contributed by atoms with Crippen molar-refractivity contribution < 1.29 is 18.0 Å². The highest BCUT2D eigenvalue weighted by molar-refractivity contribution is 7.12. The third-order valence-electron chi connectivity index (χ3n) is 4.58. The zero-order chi connectivity index (χ0) is 18.5. The van der Waals surface area contributed by atoms with E-state index >= 15 is 0 Å². The lowest BCUT2D eigenvalue weighted by molar-refractivity contribution is -0.134. The van der Waals surface area contributed by atoms with Crippen LogP contribution in [0.5, 0.6) is 0 Å². The van der Waals surface area contributed by atoms with E-state index in [0.29, 0.717) is 22.6 Å². The Hall–Kier alpha value is -2.35. The van der Waals surface area contributed by atoms with Gasteiger partial charge in [-0.05, 0) is 37.6 Å². The Morgan fingerprint density at radius 1 is 1.31 bits per heavy atom. The number of hydrogen-bond acceptors (Lipinski definition) is 3. The van der Waals surface area contributed by atoms with Gasteiger partial charge >= 0.3 is 6.18 Å². The maximum atomic E-state index is 12.7. The first-order valence-corrected chi connectivity index (χ1v) is 9.06. The van der Waals surface area contributed by atoms with Crippen molar-refractivity contribution in [3.05, 3.63) is 52.0 Å². The normalized spacial score (nSPS) is 20.9. The van der Waals surface area contributed by atoms with Gasteiger partial charge in [0.15, 0.2) is 0 Å². The Labute approximate surface area is 151 Å². The molecule has 2 heterocycles. The molecular weight excluding hydrogens is 363 g/mol. The second kappa shape index (κ2) is 6.12. The number of thiophene rings is 1. The van der Waals surface area contributed by atoms with Crippen molar-refractivity contribution in [1.82, 2.24) is 15.3 Å². The number of benzene rings is 1. The number of alkyl halides is 3. The molecule has 4 nitrogen and oxygen atoms in total. The van der Waals surface area contributed by atoms with E-state index in [1.54, 1.807) is 6.92 Å². The number of carbonyl (C=O) groups is 1. The summed E-state index contributed by atoms with van der Waals surface area (Å²) in [4.78, 5) is 20.0. The number of aromatic nitrogens is 2. The number of para-hydroxylation sites is 2. The second-order valence-electron chi connectivity index (χ2n) is 6.52. The van der Waals surface area contributed by atoms with E-state index in [-0.39, 0.29) is 17.7 Å². The van der Waals surface area contributed by atoms with Gasteiger partial charge in [0.25, 0.3) is 0 Å². The smallest absolute Gasteiger partial charge is 0.349 e. The molecule has 4 rings (SSSR count). The summed E-state index contributed by atoms with van der Waals surface area (Å²) in [6, 6.07) is 9.67. The largest absolute Gasteiger partial charge is 0.425 e. The van der Waals surface area contributed by atoms with Crippen LogP contribution in [0.1, 0.15) is 40.9 Å². The van der Waals surface area contributed by atoms with E-state index in [9.17, 15) is 18.0 Å². The molecule has 1 aliphatic carbocycles. The first-order chi connectivity index (χ1) is 12.3. The lowest BCUT2D eigenvalue weighted by Gasteiger charge is -2.12. The van der Waals surface area contributed by atoms with Gasteiger partial charge in [0.05, 0.1) is 17.1 Å². The van der Waals surface area contributed by atoms with E-state index in [1.165, 1.54) is 6.07 Å². The van der Waals surface area contributed by atoms with Crippen LogP contribution in [0, 0.1) is 5.92 Å². The average Bonchev–Trinajstić information content (AvgIpc) is 3.04. The SMILES string of the molecule is C[C@@H](NC(=O)C1CC1c1nc2ccccc2[nH]1)c1ccc(C(F)(F)F)s1. The number of hydrogen-bond donors (Lipinski definition) is 2. The quantitative estimate of drug-likeness (QED) is 0.695. The lowest BCUT2D eigenvalue weighted by atomic mass is 10.2. The fourth-order valence-corrected chi connectivity index (χ4v) is 3.94. The fraction of sp³-hybridized carbons (Fsp3) is 0.333. The number of nitrogens with zero attached hydrogens (tertiary/aromatic N) is 1. The molecule has 1 fully saturated rings. The van der Waals surface area contributed by atoms with Crippen LogP contribution in [-0.2, 0) is 11.0 Å². The van der Waals surface area contributed by atoms with Crippen molar-refractivity contribution in [2.75, 3.05) is 0 Å². The number of nitrogens with one attached hydrogen (secondary N) is 2. The molecule has 3 aromatic rings. The predicted octanol–water partition coefficient (Wildman–Crippen LogP) is 4.62. The van der Waals surface area contributed by atoms with Crippen molar-refractivity contribution in [3.63, 3.8) is 0 Å². The summed E-state index contributed by atoms with van der Waals surface area (Å²) in [6.45, 7) is 1.70. The van der Waals surface area contributed by atoms with E-state index in [2.05, 4.69) is 15.3 Å². The van der Waals surface area contributed by atoms with Crippen LogP contribution in [0.2, 0.25) is 0 Å². The molecular formula is C18H16F3N3OS. The number of aromatic amines is 1. The maximum absolute atomic E-state index is 12.7. The molecule has 1 aromatic carbocycles. The Morgan fingerprint density at radius 2 is 2.08 bits per heavy atom. The molecule has 0 radical (unpaired) electrons. The molecule has 0 saturated heterocycles. The molecule has 1 amide bonds. The van der Waals surface area contributed by atoms with Gasteiger partial charge in [-0.1, -0.05) is 12.1 Å². The third-order valence-corrected chi connectivity index (χ3v) is 5.89. The third kappa shape index (κ3) is 3.21. The molecule has 136 valence electrons. The highest BCUT2D eigenvalue weighted by Gasteiger charge is 2.46. The van der Waals surface area contributed by atoms with Gasteiger partial charge in [-0.25, -0.2) is 4.98 Å². The Kier molecular flexibility index (Phi) is 4.02. The molecule has 0 aliphatic heterocycles. The molecule has 1 aliphatic rings. The summed E-state index contributed by atoms with van der Waals surface area (Å²) in [5.41, 5.74) is 1.79. The van der Waals surface area contributed by atoms with Crippen LogP contribution in [0.15, 0.2) is 36.4 Å². The van der Waals surface area contributed by atoms with Gasteiger partial charge in [0, 0.05) is 16.7 Å². The molecule has 0 spiro atoms. The van der Waals surface area contributed by atoms with Gasteiger partial charge in [-0.15, -0.1) is 11.3 Å². The van der Waals surface area contributed by atoms with E-state index in [1.807, 2.05) is 24.3 Å². The highest BCUT2D eigenvalue weighted by atomic mass is 32.1. The molecule has 2 N–H and O–H groups in total. The summed E-state index contributed by atoms with van der Waals surface area (Å²) in [6.07, 6.45) is -3.66. The second-order valence-corrected chi connectivity index (χ2v) is 7.63. The van der Waals surface area contributed by atoms with Crippen LogP contribution in [0.3, 0.4) is 0 Å². The van der Waals surface area contributed by atoms with Gasteiger partial charge in [0.1, 0.15) is 10.7 Å². The molecule has 0 bridgehead atoms. The number of rotatable bonds is 4. The molecule has 3 atom stereocenters. The van der Waals surface area contributed by atoms with Crippen LogP contribution in [-0.4, -0.2) is 15.9 Å². The van der Waals surface area contributed by atoms with Gasteiger partial charge in [-0.3, -0.25) is 4.79 Å². The molecule has 2 unspecified atom stereocenters. The van der Waals surface area contributed by atoms with Crippen LogP contribution >= 0.6 is 11.3 Å². The minimum absolute atomic E-state index is 0.0312. The van der Waals surface area contributed by atoms with E-state index < -0.39 is 17.1 Å². The first-order valence-electron chi connectivity index (χ1n) is 8.25. The first kappa shape index (κ1) is 17.1. The summed E-state index contributed by atoms with van der Waals surface area (Å²) in [5.74, 6) is 0.475. The number of fused-ring (bicyclic) bond motifs is 1. The highest BCUT2D eigenvalue weighted by Crippen LogP contribution is 2.47. The lowest BCUT2D eigenvalue weighted by Crippen LogP contribution is -2.28. The van der Waals surface area contributed by atoms with E-state index in [4.69, 9.17) is 0 Å². The number of halogens is 3. The van der Waals surface area contributed by atoms with Crippen molar-refractivity contribution >= 4 is 28.3 Å². The van der Waals surface area contributed by atoms with E-state index in [0.717, 1.165) is 22.9 Å². The Balaban J connectivity index is 1.40.